The quantitative estimate of drug-likeness (QED) is 0.387. The minimum atomic E-state index is -1.70. The highest BCUT2D eigenvalue weighted by Crippen LogP contribution is 2.13. The Labute approximate surface area is 75.3 Å². The van der Waals surface area contributed by atoms with Crippen LogP contribution in [0.4, 0.5) is 9.59 Å². The van der Waals surface area contributed by atoms with E-state index in [1.807, 2.05) is 20.8 Å². The van der Waals surface area contributed by atoms with Gasteiger partial charge in [-0.3, -0.25) is 0 Å². The van der Waals surface area contributed by atoms with Crippen LogP contribution >= 0.6 is 0 Å². The van der Waals surface area contributed by atoms with Gasteiger partial charge in [-0.2, -0.15) is 9.68 Å². The third-order valence-electron chi connectivity index (χ3n) is 0.804. The summed E-state index contributed by atoms with van der Waals surface area (Å²) in [7, 11) is 0. The van der Waals surface area contributed by atoms with Gasteiger partial charge in [0.15, 0.2) is 0 Å². The van der Waals surface area contributed by atoms with Crippen molar-refractivity contribution < 1.29 is 29.2 Å². The van der Waals surface area contributed by atoms with E-state index in [4.69, 9.17) is 5.11 Å². The monoisotopic (exact) mass is 192 g/mol. The van der Waals surface area contributed by atoms with Gasteiger partial charge in [0.2, 0.25) is 0 Å². The van der Waals surface area contributed by atoms with Crippen LogP contribution in [-0.2, 0) is 14.5 Å². The van der Waals surface area contributed by atoms with Gasteiger partial charge >= 0.3 is 12.3 Å². The summed E-state index contributed by atoms with van der Waals surface area (Å²) >= 11 is 0. The molecule has 0 aromatic rings. The van der Waals surface area contributed by atoms with Crippen LogP contribution < -0.4 is 0 Å². The van der Waals surface area contributed by atoms with Crippen LogP contribution in [-0.4, -0.2) is 24.0 Å². The SMILES string of the molecule is CC(C)(C)COC(=O)OOC(=O)O. The highest BCUT2D eigenvalue weighted by atomic mass is 17.3. The average molecular weight is 192 g/mol. The molecule has 0 heterocycles. The van der Waals surface area contributed by atoms with E-state index in [0.717, 1.165) is 0 Å². The molecule has 0 fully saturated rings. The minimum Gasteiger partial charge on any atom is -0.447 e. The maximum absolute atomic E-state index is 10.6. The third-order valence-corrected chi connectivity index (χ3v) is 0.804. The average Bonchev–Trinajstić information content (AvgIpc) is 1.95. The van der Waals surface area contributed by atoms with Crippen LogP contribution in [0.1, 0.15) is 20.8 Å². The molecule has 6 nitrogen and oxygen atoms in total. The van der Waals surface area contributed by atoms with Gasteiger partial charge in [-0.15, -0.1) is 0 Å². The van der Waals surface area contributed by atoms with Crippen molar-refractivity contribution in [3.8, 4) is 0 Å². The number of hydrogen-bond donors (Lipinski definition) is 1. The van der Waals surface area contributed by atoms with Crippen molar-refractivity contribution in [3.05, 3.63) is 0 Å². The number of carbonyl (C=O) groups excluding carboxylic acids is 1. The first-order valence-electron chi connectivity index (χ1n) is 3.55. The molecule has 0 aliphatic heterocycles. The van der Waals surface area contributed by atoms with Crippen LogP contribution in [0, 0.1) is 5.41 Å². The third kappa shape index (κ3) is 8.45. The van der Waals surface area contributed by atoms with Crippen molar-refractivity contribution >= 4 is 12.3 Å². The van der Waals surface area contributed by atoms with Gasteiger partial charge in [-0.05, 0) is 5.41 Å². The molecule has 0 saturated heterocycles. The molecule has 6 heteroatoms. The second-order valence-electron chi connectivity index (χ2n) is 3.53. The fourth-order valence-electron chi connectivity index (χ4n) is 0.369. The Bertz CT molecular complexity index is 192. The van der Waals surface area contributed by atoms with E-state index in [2.05, 4.69) is 14.5 Å². The summed E-state index contributed by atoms with van der Waals surface area (Å²) in [5.74, 6) is 0. The van der Waals surface area contributed by atoms with Crippen molar-refractivity contribution in [2.45, 2.75) is 20.8 Å². The maximum atomic E-state index is 10.6. The molecule has 0 aliphatic rings. The molecule has 0 saturated carbocycles. The number of rotatable bonds is 1. The fourth-order valence-corrected chi connectivity index (χ4v) is 0.369. The number of hydrogen-bond acceptors (Lipinski definition) is 5. The molecule has 0 rings (SSSR count). The Hall–Kier alpha value is -1.46. The first-order chi connectivity index (χ1) is 5.81. The Morgan fingerprint density at radius 2 is 1.77 bits per heavy atom. The Morgan fingerprint density at radius 3 is 2.15 bits per heavy atom. The smallest absolute Gasteiger partial charge is 0.447 e. The predicted octanol–water partition coefficient (Wildman–Crippen LogP) is 1.80. The predicted molar refractivity (Wildman–Crippen MR) is 41.0 cm³/mol. The summed E-state index contributed by atoms with van der Waals surface area (Å²) in [6, 6.07) is 0. The lowest BCUT2D eigenvalue weighted by Crippen LogP contribution is -2.19. The van der Waals surface area contributed by atoms with Crippen molar-refractivity contribution in [2.75, 3.05) is 6.61 Å². The van der Waals surface area contributed by atoms with E-state index >= 15 is 0 Å². The van der Waals surface area contributed by atoms with E-state index in [1.165, 1.54) is 0 Å². The normalized spacial score (nSPS) is 10.4. The standard InChI is InChI=1S/C7H12O6/c1-7(2,3)4-11-6(10)13-12-5(8)9/h4H2,1-3H3,(H,8,9). The van der Waals surface area contributed by atoms with Gasteiger partial charge in [0, 0.05) is 0 Å². The summed E-state index contributed by atoms with van der Waals surface area (Å²) in [5, 5.41) is 7.94. The lowest BCUT2D eigenvalue weighted by atomic mass is 9.99. The molecular weight excluding hydrogens is 180 g/mol. The molecule has 0 unspecified atom stereocenters. The number of carboxylic acid groups (broad SMARTS) is 1. The summed E-state index contributed by atoms with van der Waals surface area (Å²) in [5.41, 5.74) is -0.206. The summed E-state index contributed by atoms with van der Waals surface area (Å²) in [4.78, 5) is 27.6. The second-order valence-corrected chi connectivity index (χ2v) is 3.53. The fraction of sp³-hybridized carbons (Fsp3) is 0.714. The van der Waals surface area contributed by atoms with Crippen molar-refractivity contribution in [1.82, 2.24) is 0 Å². The van der Waals surface area contributed by atoms with E-state index in [9.17, 15) is 9.59 Å². The number of ether oxygens (including phenoxy) is 1. The van der Waals surface area contributed by atoms with Crippen molar-refractivity contribution in [3.63, 3.8) is 0 Å². The van der Waals surface area contributed by atoms with E-state index in [-0.39, 0.29) is 12.0 Å². The van der Waals surface area contributed by atoms with Crippen LogP contribution in [0.15, 0.2) is 0 Å². The van der Waals surface area contributed by atoms with Gasteiger partial charge in [0.05, 0.1) is 6.61 Å². The van der Waals surface area contributed by atoms with Gasteiger partial charge in [-0.25, -0.2) is 9.68 Å². The van der Waals surface area contributed by atoms with Gasteiger partial charge in [-0.1, -0.05) is 20.8 Å². The van der Waals surface area contributed by atoms with Crippen LogP contribution in [0.2, 0.25) is 0 Å². The Kier molecular flexibility index (Phi) is 4.03. The summed E-state index contributed by atoms with van der Waals surface area (Å²) < 4.78 is 4.51. The van der Waals surface area contributed by atoms with E-state index in [1.54, 1.807) is 0 Å². The zero-order chi connectivity index (χ0) is 10.5. The largest absolute Gasteiger partial charge is 0.550 e. The molecule has 0 amide bonds. The Morgan fingerprint density at radius 1 is 1.23 bits per heavy atom. The lowest BCUT2D eigenvalue weighted by Gasteiger charge is -2.16. The first kappa shape index (κ1) is 11.5. The first-order valence-corrected chi connectivity index (χ1v) is 3.55. The van der Waals surface area contributed by atoms with E-state index in [0.29, 0.717) is 0 Å². The zero-order valence-electron chi connectivity index (χ0n) is 7.70. The minimum absolute atomic E-state index is 0.120. The second kappa shape index (κ2) is 4.54. The van der Waals surface area contributed by atoms with Crippen LogP contribution in [0.3, 0.4) is 0 Å². The van der Waals surface area contributed by atoms with Crippen molar-refractivity contribution in [1.29, 1.82) is 0 Å². The van der Waals surface area contributed by atoms with Crippen LogP contribution in [0.25, 0.3) is 0 Å². The molecule has 0 aromatic carbocycles. The topological polar surface area (TPSA) is 82.1 Å². The lowest BCUT2D eigenvalue weighted by molar-refractivity contribution is -0.214. The summed E-state index contributed by atoms with van der Waals surface area (Å²) in [6.07, 6.45) is -2.87. The highest BCUT2D eigenvalue weighted by Gasteiger charge is 2.16. The highest BCUT2D eigenvalue weighted by molar-refractivity contribution is 5.62. The number of carbonyl (C=O) groups is 2. The van der Waals surface area contributed by atoms with Gasteiger partial charge in [0.25, 0.3) is 0 Å². The molecule has 0 aromatic heterocycles. The Balaban J connectivity index is 3.58. The summed E-state index contributed by atoms with van der Waals surface area (Å²) in [6.45, 7) is 5.66. The zero-order valence-corrected chi connectivity index (χ0v) is 7.70. The molecule has 0 radical (unpaired) electrons. The van der Waals surface area contributed by atoms with Crippen LogP contribution in [0.5, 0.6) is 0 Å². The molecule has 0 atom stereocenters. The van der Waals surface area contributed by atoms with Crippen molar-refractivity contribution in [2.24, 2.45) is 5.41 Å². The van der Waals surface area contributed by atoms with Gasteiger partial charge < -0.3 is 9.84 Å². The molecule has 0 bridgehead atoms. The molecule has 76 valence electrons. The molecular formula is C7H12O6. The molecule has 0 spiro atoms. The van der Waals surface area contributed by atoms with Gasteiger partial charge in [0.1, 0.15) is 0 Å². The molecule has 13 heavy (non-hydrogen) atoms. The van der Waals surface area contributed by atoms with E-state index < -0.39 is 12.3 Å². The molecule has 0 aliphatic carbocycles. The maximum Gasteiger partial charge on any atom is 0.550 e. The molecule has 1 N–H and O–H groups in total.